The molecular weight excluding hydrogens is 512 g/mol. The van der Waals surface area contributed by atoms with Gasteiger partial charge >= 0.3 is 0 Å². The standard InChI is InChI=1S/C38H28N4/c1-23-3-5-29-15-17-31-19-21-33(41-37(31)35(29)39-23)27-11-7-25(8-12-27)26-9-13-28(14-10-26)34-22-20-32-18-16-30-6-4-24(2)40-36(30)38(32)42-34/h3-23,39H,1-2H3. The van der Waals surface area contributed by atoms with Gasteiger partial charge in [-0.2, -0.15) is 0 Å². The van der Waals surface area contributed by atoms with E-state index >= 15 is 0 Å². The molecule has 8 rings (SSSR count). The van der Waals surface area contributed by atoms with Crippen molar-refractivity contribution in [3.8, 4) is 33.6 Å². The molecule has 4 heteroatoms. The van der Waals surface area contributed by atoms with E-state index in [1.807, 2.05) is 13.0 Å². The maximum atomic E-state index is 5.08. The molecule has 7 aromatic rings. The van der Waals surface area contributed by atoms with Gasteiger partial charge in [0.2, 0.25) is 0 Å². The summed E-state index contributed by atoms with van der Waals surface area (Å²) < 4.78 is 0. The number of nitrogens with zero attached hydrogens (tertiary/aromatic N) is 3. The van der Waals surface area contributed by atoms with E-state index < -0.39 is 0 Å². The summed E-state index contributed by atoms with van der Waals surface area (Å²) in [5, 5.41) is 6.94. The van der Waals surface area contributed by atoms with Crippen LogP contribution in [0, 0.1) is 6.92 Å². The van der Waals surface area contributed by atoms with Crippen LogP contribution in [-0.4, -0.2) is 21.0 Å². The van der Waals surface area contributed by atoms with Gasteiger partial charge in [-0.25, -0.2) is 9.97 Å². The Bertz CT molecular complexity index is 2180. The van der Waals surface area contributed by atoms with Crippen LogP contribution in [0.1, 0.15) is 18.2 Å². The van der Waals surface area contributed by atoms with Gasteiger partial charge in [-0.05, 0) is 48.7 Å². The highest BCUT2D eigenvalue weighted by atomic mass is 14.9. The van der Waals surface area contributed by atoms with Gasteiger partial charge in [-0.15, -0.1) is 0 Å². The van der Waals surface area contributed by atoms with Crippen molar-refractivity contribution < 1.29 is 0 Å². The predicted molar refractivity (Wildman–Crippen MR) is 176 cm³/mol. The Morgan fingerprint density at radius 2 is 0.976 bits per heavy atom. The van der Waals surface area contributed by atoms with Crippen LogP contribution < -0.4 is 5.32 Å². The van der Waals surface area contributed by atoms with Crippen molar-refractivity contribution in [2.24, 2.45) is 0 Å². The lowest BCUT2D eigenvalue weighted by Gasteiger charge is -2.20. The maximum Gasteiger partial charge on any atom is 0.0972 e. The Kier molecular flexibility index (Phi) is 5.61. The molecule has 0 amide bonds. The van der Waals surface area contributed by atoms with Gasteiger partial charge in [0.1, 0.15) is 0 Å². The van der Waals surface area contributed by atoms with Crippen molar-refractivity contribution in [3.63, 3.8) is 0 Å². The number of fused-ring (bicyclic) bond motifs is 6. The van der Waals surface area contributed by atoms with Crippen LogP contribution in [0.3, 0.4) is 0 Å². The number of rotatable bonds is 3. The summed E-state index contributed by atoms with van der Waals surface area (Å²) >= 11 is 0. The van der Waals surface area contributed by atoms with E-state index in [2.05, 4.69) is 128 Å². The third-order valence-corrected chi connectivity index (χ3v) is 8.18. The summed E-state index contributed by atoms with van der Waals surface area (Å²) in [6, 6.07) is 38.8. The van der Waals surface area contributed by atoms with Crippen LogP contribution in [0.4, 0.5) is 5.69 Å². The average Bonchev–Trinajstić information content (AvgIpc) is 3.04. The van der Waals surface area contributed by atoms with E-state index in [0.29, 0.717) is 0 Å². The highest BCUT2D eigenvalue weighted by molar-refractivity contribution is 6.03. The van der Waals surface area contributed by atoms with Gasteiger partial charge in [0, 0.05) is 39.0 Å². The number of aromatic nitrogens is 3. The SMILES string of the molecule is Cc1ccc2ccc3ccc(-c4ccc(-c5ccc(-c6ccc7ccc8c(c7n6)NC(C)C=C8)cc5)cc4)nc3c2n1. The molecule has 42 heavy (non-hydrogen) atoms. The summed E-state index contributed by atoms with van der Waals surface area (Å²) in [5.41, 5.74) is 12.6. The summed E-state index contributed by atoms with van der Waals surface area (Å²) in [6.07, 6.45) is 4.36. The van der Waals surface area contributed by atoms with Crippen molar-refractivity contribution in [3.05, 3.63) is 127 Å². The Hall–Kier alpha value is -5.35. The van der Waals surface area contributed by atoms with E-state index in [4.69, 9.17) is 15.0 Å². The van der Waals surface area contributed by atoms with E-state index in [1.165, 1.54) is 16.7 Å². The van der Waals surface area contributed by atoms with Crippen molar-refractivity contribution in [1.82, 2.24) is 15.0 Å². The molecule has 0 aliphatic carbocycles. The van der Waals surface area contributed by atoms with Crippen LogP contribution in [0.15, 0.2) is 115 Å². The third-order valence-electron chi connectivity index (χ3n) is 8.18. The first-order valence-electron chi connectivity index (χ1n) is 14.4. The molecule has 1 aliphatic rings. The normalized spacial score (nSPS) is 14.3. The van der Waals surface area contributed by atoms with Gasteiger partial charge in [0.15, 0.2) is 0 Å². The Morgan fingerprint density at radius 3 is 1.62 bits per heavy atom. The Morgan fingerprint density at radius 1 is 0.500 bits per heavy atom. The van der Waals surface area contributed by atoms with Crippen molar-refractivity contribution in [2.45, 2.75) is 19.9 Å². The molecule has 0 saturated heterocycles. The number of hydrogen-bond donors (Lipinski definition) is 1. The molecule has 0 spiro atoms. The van der Waals surface area contributed by atoms with E-state index in [1.54, 1.807) is 0 Å². The predicted octanol–water partition coefficient (Wildman–Crippen LogP) is 9.47. The van der Waals surface area contributed by atoms with Gasteiger partial charge in [-0.3, -0.25) is 4.98 Å². The second kappa shape index (κ2) is 9.64. The minimum absolute atomic E-state index is 0.289. The minimum atomic E-state index is 0.289. The number of benzene rings is 4. The van der Waals surface area contributed by atoms with Crippen LogP contribution in [-0.2, 0) is 0 Å². The van der Waals surface area contributed by atoms with Gasteiger partial charge in [-0.1, -0.05) is 103 Å². The fourth-order valence-corrected chi connectivity index (χ4v) is 5.87. The highest BCUT2D eigenvalue weighted by Gasteiger charge is 2.14. The van der Waals surface area contributed by atoms with Crippen molar-refractivity contribution in [1.29, 1.82) is 0 Å². The monoisotopic (exact) mass is 540 g/mol. The summed E-state index contributed by atoms with van der Waals surface area (Å²) in [5.74, 6) is 0. The number of pyridine rings is 3. The molecule has 1 unspecified atom stereocenters. The minimum Gasteiger partial charge on any atom is -0.377 e. The average molecular weight is 541 g/mol. The van der Waals surface area contributed by atoms with Crippen molar-refractivity contribution >= 4 is 44.5 Å². The maximum absolute atomic E-state index is 5.08. The Labute approximate surface area is 244 Å². The molecule has 4 heterocycles. The largest absolute Gasteiger partial charge is 0.377 e. The summed E-state index contributed by atoms with van der Waals surface area (Å²) in [6.45, 7) is 4.18. The fourth-order valence-electron chi connectivity index (χ4n) is 5.87. The molecule has 4 nitrogen and oxygen atoms in total. The quantitative estimate of drug-likeness (QED) is 0.227. The molecule has 0 bridgehead atoms. The smallest absolute Gasteiger partial charge is 0.0972 e. The molecular formula is C38H28N4. The number of aryl methyl sites for hydroxylation is 1. The van der Waals surface area contributed by atoms with E-state index in [-0.39, 0.29) is 6.04 Å². The molecule has 1 N–H and O–H groups in total. The lowest BCUT2D eigenvalue weighted by molar-refractivity contribution is 0.994. The molecule has 4 aromatic carbocycles. The first kappa shape index (κ1) is 24.4. The topological polar surface area (TPSA) is 50.7 Å². The molecule has 0 fully saturated rings. The lowest BCUT2D eigenvalue weighted by atomic mass is 9.99. The third kappa shape index (κ3) is 4.20. The zero-order valence-corrected chi connectivity index (χ0v) is 23.5. The van der Waals surface area contributed by atoms with Crippen LogP contribution in [0.2, 0.25) is 0 Å². The molecule has 3 aromatic heterocycles. The lowest BCUT2D eigenvalue weighted by Crippen LogP contribution is -2.16. The molecule has 1 atom stereocenters. The zero-order valence-electron chi connectivity index (χ0n) is 23.5. The fraction of sp³-hybridized carbons (Fsp3) is 0.0789. The molecule has 1 aliphatic heterocycles. The van der Waals surface area contributed by atoms with Crippen LogP contribution in [0.25, 0.3) is 72.4 Å². The number of nitrogens with one attached hydrogen (secondary N) is 1. The van der Waals surface area contributed by atoms with Gasteiger partial charge < -0.3 is 5.32 Å². The molecule has 0 radical (unpaired) electrons. The second-order valence-electron chi connectivity index (χ2n) is 11.1. The van der Waals surface area contributed by atoms with Crippen molar-refractivity contribution in [2.75, 3.05) is 5.32 Å². The first-order chi connectivity index (χ1) is 20.6. The first-order valence-corrected chi connectivity index (χ1v) is 14.4. The number of hydrogen-bond acceptors (Lipinski definition) is 4. The van der Waals surface area contributed by atoms with Crippen LogP contribution >= 0.6 is 0 Å². The molecule has 0 saturated carbocycles. The van der Waals surface area contributed by atoms with Crippen LogP contribution in [0.5, 0.6) is 0 Å². The van der Waals surface area contributed by atoms with Gasteiger partial charge in [0.25, 0.3) is 0 Å². The second-order valence-corrected chi connectivity index (χ2v) is 11.1. The Balaban J connectivity index is 1.09. The zero-order chi connectivity index (χ0) is 28.2. The highest BCUT2D eigenvalue weighted by Crippen LogP contribution is 2.33. The molecule has 200 valence electrons. The van der Waals surface area contributed by atoms with E-state index in [9.17, 15) is 0 Å². The number of anilines is 1. The summed E-state index contributed by atoms with van der Waals surface area (Å²) in [4.78, 5) is 14.9. The van der Waals surface area contributed by atoms with E-state index in [0.717, 1.165) is 66.6 Å². The summed E-state index contributed by atoms with van der Waals surface area (Å²) in [7, 11) is 0. The van der Waals surface area contributed by atoms with Gasteiger partial charge in [0.05, 0.1) is 33.6 Å².